The van der Waals surface area contributed by atoms with E-state index in [4.69, 9.17) is 21.1 Å². The van der Waals surface area contributed by atoms with Gasteiger partial charge in [0.15, 0.2) is 5.82 Å². The van der Waals surface area contributed by atoms with E-state index in [-0.39, 0.29) is 23.0 Å². The molecular formula is C26H30ClN6O4P. The topological polar surface area (TPSA) is 118 Å². The Morgan fingerprint density at radius 3 is 2.55 bits per heavy atom. The maximum atomic E-state index is 12.8. The number of anilines is 5. The second-order valence-corrected chi connectivity index (χ2v) is 12.8. The number of para-hydroxylation sites is 1. The Morgan fingerprint density at radius 2 is 1.89 bits per heavy atom. The third kappa shape index (κ3) is 6.45. The minimum atomic E-state index is -2.56. The van der Waals surface area contributed by atoms with Gasteiger partial charge in [-0.2, -0.15) is 4.98 Å². The van der Waals surface area contributed by atoms with Gasteiger partial charge >= 0.3 is 0 Å². The second kappa shape index (κ2) is 11.4. The summed E-state index contributed by atoms with van der Waals surface area (Å²) < 4.78 is 24.5. The van der Waals surface area contributed by atoms with Gasteiger partial charge in [-0.1, -0.05) is 30.3 Å². The zero-order valence-electron chi connectivity index (χ0n) is 21.6. The first-order chi connectivity index (χ1) is 18.1. The number of rotatable bonds is 10. The molecule has 0 spiro atoms. The lowest BCUT2D eigenvalue weighted by Gasteiger charge is -2.36. The lowest BCUT2D eigenvalue weighted by atomic mass is 10.1. The van der Waals surface area contributed by atoms with Crippen molar-refractivity contribution in [3.8, 4) is 11.5 Å². The molecule has 0 aliphatic carbocycles. The van der Waals surface area contributed by atoms with E-state index in [2.05, 4.69) is 37.4 Å². The van der Waals surface area contributed by atoms with Crippen LogP contribution in [0.5, 0.6) is 11.5 Å². The molecule has 2 heterocycles. The molecule has 38 heavy (non-hydrogen) atoms. The van der Waals surface area contributed by atoms with Crippen LogP contribution in [0.15, 0.2) is 55.3 Å². The Morgan fingerprint density at radius 1 is 1.16 bits per heavy atom. The molecule has 12 heteroatoms. The summed E-state index contributed by atoms with van der Waals surface area (Å²) in [4.78, 5) is 23.1. The molecule has 2 aromatic carbocycles. The van der Waals surface area contributed by atoms with Crippen molar-refractivity contribution in [2.45, 2.75) is 6.10 Å². The molecule has 0 radical (unpaired) electrons. The Bertz CT molecular complexity index is 1410. The number of carbonyl (C=O) groups is 1. The van der Waals surface area contributed by atoms with Crippen molar-refractivity contribution in [2.24, 2.45) is 0 Å². The molecule has 1 amide bonds. The van der Waals surface area contributed by atoms with Gasteiger partial charge in [0.25, 0.3) is 0 Å². The van der Waals surface area contributed by atoms with Crippen LogP contribution in [-0.4, -0.2) is 67.5 Å². The van der Waals surface area contributed by atoms with E-state index in [1.807, 2.05) is 31.3 Å². The van der Waals surface area contributed by atoms with Gasteiger partial charge in [-0.25, -0.2) is 4.98 Å². The fourth-order valence-corrected chi connectivity index (χ4v) is 5.21. The number of hydrogen-bond acceptors (Lipinski definition) is 9. The molecule has 1 aliphatic rings. The van der Waals surface area contributed by atoms with Gasteiger partial charge in [-0.3, -0.25) is 9.69 Å². The van der Waals surface area contributed by atoms with Crippen LogP contribution in [0.3, 0.4) is 0 Å². The highest BCUT2D eigenvalue weighted by Gasteiger charge is 2.27. The number of nitrogens with zero attached hydrogens (tertiary/aromatic N) is 3. The van der Waals surface area contributed by atoms with Crippen molar-refractivity contribution < 1.29 is 18.8 Å². The van der Waals surface area contributed by atoms with Gasteiger partial charge in [0.05, 0.1) is 30.4 Å². The number of ether oxygens (including phenoxy) is 2. The predicted octanol–water partition coefficient (Wildman–Crippen LogP) is 4.69. The molecule has 4 rings (SSSR count). The highest BCUT2D eigenvalue weighted by atomic mass is 35.5. The number of amides is 1. The van der Waals surface area contributed by atoms with E-state index in [0.29, 0.717) is 39.7 Å². The third-order valence-electron chi connectivity index (χ3n) is 5.80. The Kier molecular flexibility index (Phi) is 8.26. The van der Waals surface area contributed by atoms with Crippen molar-refractivity contribution in [1.82, 2.24) is 14.9 Å². The maximum absolute atomic E-state index is 12.8. The number of halogens is 1. The molecule has 0 saturated carbocycles. The number of nitrogens with one attached hydrogen (secondary N) is 3. The minimum absolute atomic E-state index is 0.000513. The molecule has 3 aromatic rings. The smallest absolute Gasteiger partial charge is 0.247 e. The van der Waals surface area contributed by atoms with E-state index in [1.165, 1.54) is 19.4 Å². The maximum Gasteiger partial charge on any atom is 0.247 e. The van der Waals surface area contributed by atoms with Gasteiger partial charge in [0, 0.05) is 24.5 Å². The monoisotopic (exact) mass is 556 g/mol. The number of likely N-dealkylation sites (N-methyl/N-ethyl adjacent to an activating group) is 1. The summed E-state index contributed by atoms with van der Waals surface area (Å²) in [5.41, 5.74) is 1.57. The van der Waals surface area contributed by atoms with Crippen LogP contribution in [0.2, 0.25) is 5.02 Å². The number of carbonyl (C=O) groups excluding carboxylic acids is 1. The Balaban J connectivity index is 1.65. The number of benzene rings is 2. The SMILES string of the molecule is C=CC(=O)Nc1cc(Nc2ncc(Cl)c(Nc3ccccc3P(C)(C)=O)n2)c(OC)cc1OC1CN(C)C1. The zero-order valence-corrected chi connectivity index (χ0v) is 23.3. The molecule has 10 nitrogen and oxygen atoms in total. The van der Waals surface area contributed by atoms with Crippen LogP contribution in [0.1, 0.15) is 0 Å². The molecule has 200 valence electrons. The van der Waals surface area contributed by atoms with E-state index in [9.17, 15) is 9.36 Å². The summed E-state index contributed by atoms with van der Waals surface area (Å²) in [6.45, 7) is 8.49. The van der Waals surface area contributed by atoms with Crippen molar-refractivity contribution in [3.63, 3.8) is 0 Å². The van der Waals surface area contributed by atoms with Crippen molar-refractivity contribution in [2.75, 3.05) is 56.5 Å². The predicted molar refractivity (Wildman–Crippen MR) is 153 cm³/mol. The molecule has 0 atom stereocenters. The van der Waals surface area contributed by atoms with Gasteiger partial charge in [0.1, 0.15) is 29.8 Å². The van der Waals surface area contributed by atoms with E-state index < -0.39 is 7.14 Å². The summed E-state index contributed by atoms with van der Waals surface area (Å²) in [5, 5.41) is 10.1. The number of methoxy groups -OCH3 is 1. The standard InChI is InChI=1S/C26H30ClN6O4P/c1-6-24(34)29-20-11-19(21(36-3)12-22(20)37-16-14-33(2)15-16)31-26-28-13-17(27)25(32-26)30-18-9-7-8-10-23(18)38(4,5)35/h6-13,16H,1,14-15H2,2-5H3,(H,29,34)(H2,28,30,31,32). The van der Waals surface area contributed by atoms with Crippen LogP contribution < -0.4 is 30.7 Å². The van der Waals surface area contributed by atoms with Crippen LogP contribution in [-0.2, 0) is 9.36 Å². The van der Waals surface area contributed by atoms with Gasteiger partial charge in [-0.05, 0) is 44.7 Å². The molecule has 0 unspecified atom stereocenters. The molecule has 1 aromatic heterocycles. The molecule has 3 N–H and O–H groups in total. The molecule has 1 fully saturated rings. The van der Waals surface area contributed by atoms with Crippen LogP contribution in [0.25, 0.3) is 0 Å². The average Bonchev–Trinajstić information content (AvgIpc) is 2.86. The van der Waals surface area contributed by atoms with Crippen molar-refractivity contribution >= 4 is 58.8 Å². The molecule has 1 aliphatic heterocycles. The molecule has 1 saturated heterocycles. The van der Waals surface area contributed by atoms with E-state index in [1.54, 1.807) is 25.5 Å². The van der Waals surface area contributed by atoms with Crippen molar-refractivity contribution in [1.29, 1.82) is 0 Å². The summed E-state index contributed by atoms with van der Waals surface area (Å²) in [6, 6.07) is 10.7. The Labute approximate surface area is 226 Å². The van der Waals surface area contributed by atoms with Gasteiger partial charge < -0.3 is 30.0 Å². The van der Waals surface area contributed by atoms with Crippen LogP contribution >= 0.6 is 18.7 Å². The number of likely N-dealkylation sites (tertiary alicyclic amines) is 1. The highest BCUT2D eigenvalue weighted by Crippen LogP contribution is 2.40. The van der Waals surface area contributed by atoms with Gasteiger partial charge in [0.2, 0.25) is 11.9 Å². The summed E-state index contributed by atoms with van der Waals surface area (Å²) >= 11 is 6.39. The normalized spacial score (nSPS) is 13.8. The first-order valence-corrected chi connectivity index (χ1v) is 14.8. The van der Waals surface area contributed by atoms with Crippen molar-refractivity contribution in [3.05, 3.63) is 60.3 Å². The summed E-state index contributed by atoms with van der Waals surface area (Å²) in [5.74, 6) is 1.10. The molecular weight excluding hydrogens is 527 g/mol. The summed E-state index contributed by atoms with van der Waals surface area (Å²) in [7, 11) is 0.977. The first-order valence-electron chi connectivity index (χ1n) is 11.8. The van der Waals surface area contributed by atoms with E-state index >= 15 is 0 Å². The lowest BCUT2D eigenvalue weighted by Crippen LogP contribution is -2.51. The number of aromatic nitrogens is 2. The second-order valence-electron chi connectivity index (χ2n) is 9.21. The third-order valence-corrected chi connectivity index (χ3v) is 7.62. The zero-order chi connectivity index (χ0) is 27.4. The lowest BCUT2D eigenvalue weighted by molar-refractivity contribution is -0.111. The quantitative estimate of drug-likeness (QED) is 0.241. The Hall–Kier alpha value is -3.59. The highest BCUT2D eigenvalue weighted by molar-refractivity contribution is 7.70. The van der Waals surface area contributed by atoms with E-state index in [0.717, 1.165) is 13.1 Å². The van der Waals surface area contributed by atoms with Crippen LogP contribution in [0.4, 0.5) is 28.8 Å². The fraction of sp³-hybridized carbons (Fsp3) is 0.269. The largest absolute Gasteiger partial charge is 0.494 e. The number of hydrogen-bond donors (Lipinski definition) is 3. The average molecular weight is 557 g/mol. The van der Waals surface area contributed by atoms with Gasteiger partial charge in [-0.15, -0.1) is 0 Å². The fourth-order valence-electron chi connectivity index (χ4n) is 3.91. The first kappa shape index (κ1) is 27.4. The minimum Gasteiger partial charge on any atom is -0.494 e. The summed E-state index contributed by atoms with van der Waals surface area (Å²) in [6.07, 6.45) is 2.64. The van der Waals surface area contributed by atoms with Crippen LogP contribution in [0, 0.1) is 0 Å². The molecule has 0 bridgehead atoms.